The highest BCUT2D eigenvalue weighted by atomic mass is 16.1. The molecule has 0 aliphatic heterocycles. The molecular weight excluding hydrogens is 262 g/mol. The summed E-state index contributed by atoms with van der Waals surface area (Å²) in [5.41, 5.74) is 7.78. The van der Waals surface area contributed by atoms with Crippen LogP contribution in [0.4, 0.5) is 5.69 Å². The molecule has 3 N–H and O–H groups in total. The lowest BCUT2D eigenvalue weighted by atomic mass is 9.91. The summed E-state index contributed by atoms with van der Waals surface area (Å²) in [6.07, 6.45) is 5.11. The van der Waals surface area contributed by atoms with Crippen molar-refractivity contribution in [3.8, 4) is 0 Å². The van der Waals surface area contributed by atoms with Crippen LogP contribution in [0.1, 0.15) is 49.4 Å². The quantitative estimate of drug-likeness (QED) is 0.875. The molecule has 0 bridgehead atoms. The number of nitrogens with one attached hydrogen (secondary N) is 1. The van der Waals surface area contributed by atoms with E-state index in [9.17, 15) is 4.79 Å². The van der Waals surface area contributed by atoms with Gasteiger partial charge in [0.2, 0.25) is 0 Å². The molecular formula is C17H27N3O. The average Bonchev–Trinajstić information content (AvgIpc) is 2.50. The summed E-state index contributed by atoms with van der Waals surface area (Å²) in [5.74, 6) is 0.0279. The minimum atomic E-state index is 0.0279. The van der Waals surface area contributed by atoms with Crippen molar-refractivity contribution in [3.63, 3.8) is 0 Å². The van der Waals surface area contributed by atoms with Crippen LogP contribution in [-0.2, 0) is 0 Å². The third kappa shape index (κ3) is 4.46. The summed E-state index contributed by atoms with van der Waals surface area (Å²) in [7, 11) is 2.07. The Morgan fingerprint density at radius 3 is 2.43 bits per heavy atom. The van der Waals surface area contributed by atoms with E-state index in [1.807, 2.05) is 24.3 Å². The third-order valence-electron chi connectivity index (χ3n) is 4.24. The molecule has 1 aliphatic carbocycles. The maximum Gasteiger partial charge on any atom is 0.251 e. The highest BCUT2D eigenvalue weighted by Crippen LogP contribution is 2.18. The van der Waals surface area contributed by atoms with Gasteiger partial charge in [0, 0.05) is 36.9 Å². The van der Waals surface area contributed by atoms with Crippen LogP contribution in [-0.4, -0.2) is 31.6 Å². The van der Waals surface area contributed by atoms with Crippen molar-refractivity contribution in [2.75, 3.05) is 18.5 Å². The van der Waals surface area contributed by atoms with Crippen molar-refractivity contribution in [1.82, 2.24) is 5.32 Å². The number of carbonyl (C=O) groups is 1. The lowest BCUT2D eigenvalue weighted by molar-refractivity contribution is 0.0926. The standard InChI is InChI=1S/C17H27N3O/c1-3-12-20(2)16-10-4-13(5-11-16)17(21)19-15-8-6-14(18)7-9-15/h4-5,10-11,14-15H,3,6-9,12,18H2,1-2H3,(H,19,21). The van der Waals surface area contributed by atoms with Crippen molar-refractivity contribution in [3.05, 3.63) is 29.8 Å². The number of nitrogens with two attached hydrogens (primary N) is 1. The second kappa shape index (κ2) is 7.46. The summed E-state index contributed by atoms with van der Waals surface area (Å²) >= 11 is 0. The van der Waals surface area contributed by atoms with E-state index in [0.29, 0.717) is 6.04 Å². The Hall–Kier alpha value is -1.55. The fraction of sp³-hybridized carbons (Fsp3) is 0.588. The number of anilines is 1. The average molecular weight is 289 g/mol. The molecule has 0 spiro atoms. The van der Waals surface area contributed by atoms with Gasteiger partial charge in [0.1, 0.15) is 0 Å². The first-order valence-corrected chi connectivity index (χ1v) is 7.97. The predicted octanol–water partition coefficient (Wildman–Crippen LogP) is 2.53. The highest BCUT2D eigenvalue weighted by Gasteiger charge is 2.20. The van der Waals surface area contributed by atoms with Crippen LogP contribution in [0.25, 0.3) is 0 Å². The largest absolute Gasteiger partial charge is 0.375 e. The molecule has 116 valence electrons. The summed E-state index contributed by atoms with van der Waals surface area (Å²) in [6, 6.07) is 8.44. The molecule has 0 saturated heterocycles. The molecule has 0 atom stereocenters. The van der Waals surface area contributed by atoms with Crippen molar-refractivity contribution >= 4 is 11.6 Å². The Bertz CT molecular complexity index is 450. The first-order valence-electron chi connectivity index (χ1n) is 7.97. The number of hydrogen-bond donors (Lipinski definition) is 2. The number of rotatable bonds is 5. The number of benzene rings is 1. The third-order valence-corrected chi connectivity index (χ3v) is 4.24. The smallest absolute Gasteiger partial charge is 0.251 e. The maximum atomic E-state index is 12.2. The molecule has 1 aromatic carbocycles. The van der Waals surface area contributed by atoms with Crippen LogP contribution in [0.5, 0.6) is 0 Å². The molecule has 1 saturated carbocycles. The van der Waals surface area contributed by atoms with E-state index in [1.165, 1.54) is 0 Å². The molecule has 0 aromatic heterocycles. The fourth-order valence-electron chi connectivity index (χ4n) is 2.86. The van der Waals surface area contributed by atoms with Crippen LogP contribution < -0.4 is 16.0 Å². The molecule has 2 rings (SSSR count). The van der Waals surface area contributed by atoms with Gasteiger partial charge >= 0.3 is 0 Å². The minimum absolute atomic E-state index is 0.0279. The molecule has 1 amide bonds. The van der Waals surface area contributed by atoms with Crippen molar-refractivity contribution in [1.29, 1.82) is 0 Å². The van der Waals surface area contributed by atoms with Gasteiger partial charge in [-0.1, -0.05) is 6.92 Å². The molecule has 0 radical (unpaired) electrons. The zero-order valence-corrected chi connectivity index (χ0v) is 13.1. The molecule has 1 fully saturated rings. The van der Waals surface area contributed by atoms with E-state index in [0.717, 1.165) is 49.9 Å². The first-order chi connectivity index (χ1) is 10.1. The lowest BCUT2D eigenvalue weighted by Gasteiger charge is -2.26. The van der Waals surface area contributed by atoms with Crippen molar-refractivity contribution < 1.29 is 4.79 Å². The van der Waals surface area contributed by atoms with Gasteiger partial charge in [-0.2, -0.15) is 0 Å². The van der Waals surface area contributed by atoms with E-state index in [2.05, 4.69) is 24.2 Å². The molecule has 21 heavy (non-hydrogen) atoms. The minimum Gasteiger partial charge on any atom is -0.375 e. The molecule has 4 nitrogen and oxygen atoms in total. The van der Waals surface area contributed by atoms with Gasteiger partial charge in [-0.25, -0.2) is 0 Å². The van der Waals surface area contributed by atoms with E-state index >= 15 is 0 Å². The summed E-state index contributed by atoms with van der Waals surface area (Å²) in [6.45, 7) is 3.18. The number of nitrogens with zero attached hydrogens (tertiary/aromatic N) is 1. The second-order valence-electron chi connectivity index (χ2n) is 6.05. The van der Waals surface area contributed by atoms with Gasteiger partial charge in [0.25, 0.3) is 5.91 Å². The molecule has 0 unspecified atom stereocenters. The van der Waals surface area contributed by atoms with Gasteiger partial charge in [-0.05, 0) is 56.4 Å². The van der Waals surface area contributed by atoms with Crippen molar-refractivity contribution in [2.24, 2.45) is 5.73 Å². The Labute approximate surface area is 127 Å². The Morgan fingerprint density at radius 1 is 1.24 bits per heavy atom. The number of carbonyl (C=O) groups excluding carboxylic acids is 1. The molecule has 0 heterocycles. The van der Waals surface area contributed by atoms with Crippen LogP contribution in [0, 0.1) is 0 Å². The Kier molecular flexibility index (Phi) is 5.62. The van der Waals surface area contributed by atoms with Gasteiger partial charge in [-0.15, -0.1) is 0 Å². The van der Waals surface area contributed by atoms with Gasteiger partial charge in [-0.3, -0.25) is 4.79 Å². The van der Waals surface area contributed by atoms with E-state index in [1.54, 1.807) is 0 Å². The normalized spacial score (nSPS) is 21.9. The molecule has 1 aliphatic rings. The SMILES string of the molecule is CCCN(C)c1ccc(C(=O)NC2CCC(N)CC2)cc1. The van der Waals surface area contributed by atoms with Crippen LogP contribution in [0.3, 0.4) is 0 Å². The maximum absolute atomic E-state index is 12.2. The fourth-order valence-corrected chi connectivity index (χ4v) is 2.86. The topological polar surface area (TPSA) is 58.4 Å². The number of hydrogen-bond acceptors (Lipinski definition) is 3. The predicted molar refractivity (Wildman–Crippen MR) is 87.7 cm³/mol. The summed E-state index contributed by atoms with van der Waals surface area (Å²) < 4.78 is 0. The second-order valence-corrected chi connectivity index (χ2v) is 6.05. The highest BCUT2D eigenvalue weighted by molar-refractivity contribution is 5.94. The lowest BCUT2D eigenvalue weighted by Crippen LogP contribution is -2.40. The Morgan fingerprint density at radius 2 is 1.86 bits per heavy atom. The van der Waals surface area contributed by atoms with Gasteiger partial charge in [0.15, 0.2) is 0 Å². The van der Waals surface area contributed by atoms with Crippen LogP contribution in [0.15, 0.2) is 24.3 Å². The zero-order valence-electron chi connectivity index (χ0n) is 13.1. The van der Waals surface area contributed by atoms with E-state index in [-0.39, 0.29) is 11.9 Å². The van der Waals surface area contributed by atoms with Gasteiger partial charge in [0.05, 0.1) is 0 Å². The monoisotopic (exact) mass is 289 g/mol. The van der Waals surface area contributed by atoms with Crippen LogP contribution in [0.2, 0.25) is 0 Å². The van der Waals surface area contributed by atoms with Crippen LogP contribution >= 0.6 is 0 Å². The molecule has 1 aromatic rings. The van der Waals surface area contributed by atoms with Crippen molar-refractivity contribution in [2.45, 2.75) is 51.1 Å². The van der Waals surface area contributed by atoms with E-state index < -0.39 is 0 Å². The summed E-state index contributed by atoms with van der Waals surface area (Å²) in [4.78, 5) is 14.4. The Balaban J connectivity index is 1.90. The zero-order chi connectivity index (χ0) is 15.2. The molecule has 4 heteroatoms. The van der Waals surface area contributed by atoms with Gasteiger partial charge < -0.3 is 16.0 Å². The summed E-state index contributed by atoms with van der Waals surface area (Å²) in [5, 5.41) is 3.12. The first kappa shape index (κ1) is 15.8. The van der Waals surface area contributed by atoms with E-state index in [4.69, 9.17) is 5.73 Å². The number of amides is 1.